The van der Waals surface area contributed by atoms with E-state index >= 15 is 0 Å². The van der Waals surface area contributed by atoms with Crippen molar-refractivity contribution in [3.63, 3.8) is 0 Å². The number of hydrogen-bond donors (Lipinski definition) is 2. The van der Waals surface area contributed by atoms with Crippen molar-refractivity contribution in [3.8, 4) is 5.75 Å². The van der Waals surface area contributed by atoms with Gasteiger partial charge in [-0.3, -0.25) is 0 Å². The number of oxime groups is 1. The average Bonchev–Trinajstić information content (AvgIpc) is 2.01. The summed E-state index contributed by atoms with van der Waals surface area (Å²) < 4.78 is 1.49. The number of phenolic OH excluding ortho intramolecular Hbond substituents is 1. The van der Waals surface area contributed by atoms with Crippen LogP contribution in [0.5, 0.6) is 5.75 Å². The molecular formula is C7H5I2NO2. The number of aromatic hydroxyl groups is 1. The molecule has 0 saturated heterocycles. The first kappa shape index (κ1) is 10.0. The van der Waals surface area contributed by atoms with Crippen molar-refractivity contribution in [1.82, 2.24) is 0 Å². The van der Waals surface area contributed by atoms with Gasteiger partial charge in [0.25, 0.3) is 0 Å². The monoisotopic (exact) mass is 389 g/mol. The van der Waals surface area contributed by atoms with Crippen LogP contribution in [0.1, 0.15) is 5.56 Å². The van der Waals surface area contributed by atoms with Crippen LogP contribution in [0.4, 0.5) is 0 Å². The summed E-state index contributed by atoms with van der Waals surface area (Å²) in [4.78, 5) is 0. The molecule has 0 atom stereocenters. The molecule has 2 N–H and O–H groups in total. The predicted molar refractivity (Wildman–Crippen MR) is 62.9 cm³/mol. The Morgan fingerprint density at radius 2 is 1.75 bits per heavy atom. The fraction of sp³-hybridized carbons (Fsp3) is 0. The molecule has 3 nitrogen and oxygen atoms in total. The fourth-order valence-electron chi connectivity index (χ4n) is 0.726. The van der Waals surface area contributed by atoms with E-state index < -0.39 is 0 Å². The van der Waals surface area contributed by atoms with E-state index in [9.17, 15) is 5.11 Å². The van der Waals surface area contributed by atoms with Crippen molar-refractivity contribution in [2.24, 2.45) is 5.16 Å². The lowest BCUT2D eigenvalue weighted by atomic mass is 10.2. The van der Waals surface area contributed by atoms with Gasteiger partial charge < -0.3 is 10.3 Å². The van der Waals surface area contributed by atoms with Crippen LogP contribution in [0.15, 0.2) is 17.3 Å². The summed E-state index contributed by atoms with van der Waals surface area (Å²) in [6.45, 7) is 0. The molecule has 1 aromatic rings. The van der Waals surface area contributed by atoms with Crippen molar-refractivity contribution >= 4 is 51.4 Å². The molecule has 0 unspecified atom stereocenters. The highest BCUT2D eigenvalue weighted by Gasteiger charge is 2.03. The summed E-state index contributed by atoms with van der Waals surface area (Å²) in [6.07, 6.45) is 1.32. The second-order valence-corrected chi connectivity index (χ2v) is 4.40. The summed E-state index contributed by atoms with van der Waals surface area (Å²) >= 11 is 4.03. The van der Waals surface area contributed by atoms with Crippen molar-refractivity contribution in [2.75, 3.05) is 0 Å². The van der Waals surface area contributed by atoms with Gasteiger partial charge in [0.05, 0.1) is 13.4 Å². The number of hydrogen-bond acceptors (Lipinski definition) is 3. The molecule has 1 aromatic carbocycles. The third-order valence-corrected chi connectivity index (χ3v) is 2.89. The van der Waals surface area contributed by atoms with Crippen molar-refractivity contribution in [3.05, 3.63) is 24.8 Å². The van der Waals surface area contributed by atoms with Crippen molar-refractivity contribution in [1.29, 1.82) is 0 Å². The van der Waals surface area contributed by atoms with E-state index in [-0.39, 0.29) is 5.75 Å². The highest BCUT2D eigenvalue weighted by Crippen LogP contribution is 2.26. The van der Waals surface area contributed by atoms with E-state index in [4.69, 9.17) is 5.21 Å². The molecule has 0 heterocycles. The maximum atomic E-state index is 9.38. The van der Waals surface area contributed by atoms with Crippen molar-refractivity contribution in [2.45, 2.75) is 0 Å². The first-order valence-electron chi connectivity index (χ1n) is 3.00. The average molecular weight is 389 g/mol. The molecular weight excluding hydrogens is 384 g/mol. The molecule has 12 heavy (non-hydrogen) atoms. The molecule has 0 aliphatic heterocycles. The number of halogens is 2. The quantitative estimate of drug-likeness (QED) is 0.336. The van der Waals surface area contributed by atoms with Gasteiger partial charge in [0.1, 0.15) is 5.75 Å². The Bertz CT molecular complexity index is 302. The number of rotatable bonds is 1. The van der Waals surface area contributed by atoms with Gasteiger partial charge in [-0.25, -0.2) is 0 Å². The molecule has 0 bridgehead atoms. The Hall–Kier alpha value is -0.0500. The van der Waals surface area contributed by atoms with Gasteiger partial charge in [-0.1, -0.05) is 5.16 Å². The van der Waals surface area contributed by atoms with Crippen LogP contribution < -0.4 is 0 Å². The largest absolute Gasteiger partial charge is 0.506 e. The van der Waals surface area contributed by atoms with E-state index in [1.54, 1.807) is 12.1 Å². The van der Waals surface area contributed by atoms with Gasteiger partial charge in [-0.15, -0.1) is 0 Å². The van der Waals surface area contributed by atoms with E-state index in [0.717, 1.165) is 12.7 Å². The van der Waals surface area contributed by atoms with Crippen LogP contribution in [0.2, 0.25) is 0 Å². The van der Waals surface area contributed by atoms with Crippen LogP contribution in [-0.4, -0.2) is 16.5 Å². The molecule has 5 heteroatoms. The Labute approximate surface area is 96.8 Å². The Balaban J connectivity index is 3.21. The summed E-state index contributed by atoms with van der Waals surface area (Å²) in [7, 11) is 0. The Morgan fingerprint density at radius 1 is 1.25 bits per heavy atom. The zero-order valence-corrected chi connectivity index (χ0v) is 10.1. The fourth-order valence-corrected chi connectivity index (χ4v) is 2.54. The van der Waals surface area contributed by atoms with Gasteiger partial charge in [-0.05, 0) is 62.9 Å². The molecule has 0 aromatic heterocycles. The Kier molecular flexibility index (Phi) is 3.56. The summed E-state index contributed by atoms with van der Waals surface area (Å²) in [6, 6.07) is 3.47. The van der Waals surface area contributed by atoms with Crippen LogP contribution in [0, 0.1) is 7.14 Å². The highest BCUT2D eigenvalue weighted by atomic mass is 127. The number of benzene rings is 1. The zero-order valence-electron chi connectivity index (χ0n) is 5.83. The third kappa shape index (κ3) is 2.22. The molecule has 0 aliphatic carbocycles. The van der Waals surface area contributed by atoms with E-state index in [1.807, 2.05) is 45.2 Å². The predicted octanol–water partition coefficient (Wildman–Crippen LogP) is 2.41. The smallest absolute Gasteiger partial charge is 0.142 e. The summed E-state index contributed by atoms with van der Waals surface area (Å²) in [5.74, 6) is 0.270. The first-order chi connectivity index (χ1) is 5.65. The van der Waals surface area contributed by atoms with Gasteiger partial charge in [0, 0.05) is 0 Å². The second-order valence-electron chi connectivity index (χ2n) is 2.08. The van der Waals surface area contributed by atoms with Gasteiger partial charge in [0.15, 0.2) is 0 Å². The maximum Gasteiger partial charge on any atom is 0.142 e. The standard InChI is InChI=1S/C7H5I2NO2/c8-5-1-4(3-10-12)2-6(9)7(5)11/h1-3,11-12H. The second kappa shape index (κ2) is 4.26. The van der Waals surface area contributed by atoms with Crippen molar-refractivity contribution < 1.29 is 10.3 Å². The first-order valence-corrected chi connectivity index (χ1v) is 5.16. The number of nitrogens with zero attached hydrogens (tertiary/aromatic N) is 1. The van der Waals surface area contributed by atoms with Gasteiger partial charge >= 0.3 is 0 Å². The molecule has 0 amide bonds. The lowest BCUT2D eigenvalue weighted by Crippen LogP contribution is -1.86. The van der Waals surface area contributed by atoms with E-state index in [0.29, 0.717) is 0 Å². The van der Waals surface area contributed by atoms with Crippen LogP contribution >= 0.6 is 45.2 Å². The number of phenols is 1. The molecule has 0 spiro atoms. The molecule has 0 aliphatic rings. The van der Waals surface area contributed by atoms with Gasteiger partial charge in [0.2, 0.25) is 0 Å². The van der Waals surface area contributed by atoms with Gasteiger partial charge in [-0.2, -0.15) is 0 Å². The zero-order chi connectivity index (χ0) is 9.14. The molecule has 64 valence electrons. The van der Waals surface area contributed by atoms with E-state index in [1.165, 1.54) is 6.21 Å². The van der Waals surface area contributed by atoms with Crippen LogP contribution in [0.3, 0.4) is 0 Å². The maximum absolute atomic E-state index is 9.38. The summed E-state index contributed by atoms with van der Waals surface area (Å²) in [5, 5.41) is 20.6. The third-order valence-electron chi connectivity index (χ3n) is 1.25. The summed E-state index contributed by atoms with van der Waals surface area (Å²) in [5.41, 5.74) is 0.768. The normalized spacial score (nSPS) is 10.8. The lowest BCUT2D eigenvalue weighted by Gasteiger charge is -2.00. The van der Waals surface area contributed by atoms with Crippen LogP contribution in [0.25, 0.3) is 0 Å². The molecule has 0 fully saturated rings. The molecule has 0 saturated carbocycles. The van der Waals surface area contributed by atoms with E-state index in [2.05, 4.69) is 5.16 Å². The SMILES string of the molecule is ON=Cc1cc(I)c(O)c(I)c1. The minimum absolute atomic E-state index is 0.270. The topological polar surface area (TPSA) is 52.8 Å². The van der Waals surface area contributed by atoms with Crippen LogP contribution in [-0.2, 0) is 0 Å². The highest BCUT2D eigenvalue weighted by molar-refractivity contribution is 14.1. The minimum Gasteiger partial charge on any atom is -0.506 e. The minimum atomic E-state index is 0.270. The molecule has 0 radical (unpaired) electrons. The molecule has 1 rings (SSSR count). The lowest BCUT2D eigenvalue weighted by molar-refractivity contribution is 0.322. The Morgan fingerprint density at radius 3 is 2.17 bits per heavy atom.